The molecular formula is C22H20F2N2O2. The molecule has 3 aromatic rings. The van der Waals surface area contributed by atoms with Gasteiger partial charge in [-0.3, -0.25) is 9.69 Å². The van der Waals surface area contributed by atoms with Gasteiger partial charge < -0.3 is 9.73 Å². The molecule has 1 N–H and O–H groups in total. The number of carbonyl (C=O) groups excluding carboxylic acids is 1. The molecule has 144 valence electrons. The molecule has 0 fully saturated rings. The molecule has 1 aromatic heterocycles. The van der Waals surface area contributed by atoms with Gasteiger partial charge in [0.2, 0.25) is 0 Å². The molecule has 4 nitrogen and oxygen atoms in total. The Kier molecular flexibility index (Phi) is 5.21. The summed E-state index contributed by atoms with van der Waals surface area (Å²) in [6, 6.07) is 15.0. The van der Waals surface area contributed by atoms with Crippen molar-refractivity contribution in [3.8, 4) is 0 Å². The van der Waals surface area contributed by atoms with Crippen LogP contribution in [0.4, 0.5) is 8.78 Å². The smallest absolute Gasteiger partial charge is 0.257 e. The highest BCUT2D eigenvalue weighted by Gasteiger charge is 2.28. The second-order valence-electron chi connectivity index (χ2n) is 6.83. The summed E-state index contributed by atoms with van der Waals surface area (Å²) in [4.78, 5) is 14.6. The first-order valence-corrected chi connectivity index (χ1v) is 9.20. The lowest BCUT2D eigenvalue weighted by molar-refractivity contribution is 0.0911. The Bertz CT molecular complexity index is 952. The van der Waals surface area contributed by atoms with E-state index < -0.39 is 23.1 Å². The molecule has 2 aromatic carbocycles. The number of nitrogens with one attached hydrogen (secondary N) is 1. The van der Waals surface area contributed by atoms with Crippen LogP contribution in [0.25, 0.3) is 0 Å². The summed E-state index contributed by atoms with van der Waals surface area (Å²) in [5.74, 6) is -1.82. The predicted molar refractivity (Wildman–Crippen MR) is 101 cm³/mol. The van der Waals surface area contributed by atoms with Crippen LogP contribution in [-0.2, 0) is 13.0 Å². The summed E-state index contributed by atoms with van der Waals surface area (Å²) in [5.41, 5.74) is 1.98. The SMILES string of the molecule is O=C(NC[C@H](c1ccco1)N1CCc2ccccc2C1)c1c(F)cccc1F. The normalized spacial score (nSPS) is 15.1. The molecule has 6 heteroatoms. The van der Waals surface area contributed by atoms with Crippen molar-refractivity contribution in [1.29, 1.82) is 0 Å². The molecule has 1 aliphatic rings. The second-order valence-corrected chi connectivity index (χ2v) is 6.83. The fraction of sp³-hybridized carbons (Fsp3) is 0.227. The highest BCUT2D eigenvalue weighted by atomic mass is 19.1. The molecule has 4 rings (SSSR count). The largest absolute Gasteiger partial charge is 0.468 e. The Morgan fingerprint density at radius 1 is 1.04 bits per heavy atom. The van der Waals surface area contributed by atoms with Gasteiger partial charge in [-0.25, -0.2) is 8.78 Å². The molecular weight excluding hydrogens is 362 g/mol. The van der Waals surface area contributed by atoms with Crippen LogP contribution in [0.1, 0.15) is 33.3 Å². The number of halogens is 2. The maximum absolute atomic E-state index is 13.9. The van der Waals surface area contributed by atoms with Gasteiger partial charge in [-0.15, -0.1) is 0 Å². The van der Waals surface area contributed by atoms with E-state index >= 15 is 0 Å². The van der Waals surface area contributed by atoms with Crippen molar-refractivity contribution < 1.29 is 18.0 Å². The van der Waals surface area contributed by atoms with Gasteiger partial charge in [0.15, 0.2) is 0 Å². The molecule has 28 heavy (non-hydrogen) atoms. The van der Waals surface area contributed by atoms with Gasteiger partial charge in [0.25, 0.3) is 5.91 Å². The quantitative estimate of drug-likeness (QED) is 0.723. The van der Waals surface area contributed by atoms with E-state index in [1.54, 1.807) is 12.3 Å². The summed E-state index contributed by atoms with van der Waals surface area (Å²) < 4.78 is 33.4. The molecule has 0 saturated heterocycles. The van der Waals surface area contributed by atoms with Gasteiger partial charge in [0, 0.05) is 19.6 Å². The molecule has 0 unspecified atom stereocenters. The van der Waals surface area contributed by atoms with Crippen molar-refractivity contribution in [2.24, 2.45) is 0 Å². The topological polar surface area (TPSA) is 45.5 Å². The number of fused-ring (bicyclic) bond motifs is 1. The van der Waals surface area contributed by atoms with E-state index in [2.05, 4.69) is 22.3 Å². The van der Waals surface area contributed by atoms with Gasteiger partial charge in [0.1, 0.15) is 23.0 Å². The van der Waals surface area contributed by atoms with Crippen LogP contribution < -0.4 is 5.32 Å². The minimum Gasteiger partial charge on any atom is -0.468 e. The zero-order valence-corrected chi connectivity index (χ0v) is 15.2. The van der Waals surface area contributed by atoms with E-state index in [1.165, 1.54) is 17.2 Å². The monoisotopic (exact) mass is 382 g/mol. The summed E-state index contributed by atoms with van der Waals surface area (Å²) in [6.45, 7) is 1.69. The van der Waals surface area contributed by atoms with Crippen LogP contribution in [0.2, 0.25) is 0 Å². The summed E-state index contributed by atoms with van der Waals surface area (Å²) in [5, 5.41) is 2.67. The standard InChI is InChI=1S/C22H20F2N2O2/c23-17-7-3-8-18(24)21(17)22(27)25-13-19(20-9-4-12-28-20)26-11-10-15-5-1-2-6-16(15)14-26/h1-9,12,19H,10-11,13-14H2,(H,25,27)/t19-/m1/s1. The van der Waals surface area contributed by atoms with Crippen molar-refractivity contribution in [3.05, 3.63) is 94.9 Å². The van der Waals surface area contributed by atoms with Gasteiger partial charge in [-0.1, -0.05) is 30.3 Å². The number of hydrogen-bond donors (Lipinski definition) is 1. The number of nitrogens with zero attached hydrogens (tertiary/aromatic N) is 1. The first-order chi connectivity index (χ1) is 13.6. The van der Waals surface area contributed by atoms with Gasteiger partial charge >= 0.3 is 0 Å². The van der Waals surface area contributed by atoms with Crippen molar-refractivity contribution in [3.63, 3.8) is 0 Å². The molecule has 0 saturated carbocycles. The Balaban J connectivity index is 1.53. The maximum Gasteiger partial charge on any atom is 0.257 e. The average molecular weight is 382 g/mol. The molecule has 1 aliphatic heterocycles. The van der Waals surface area contributed by atoms with Crippen LogP contribution in [0, 0.1) is 11.6 Å². The number of carbonyl (C=O) groups is 1. The van der Waals surface area contributed by atoms with E-state index in [1.807, 2.05) is 18.2 Å². The number of hydrogen-bond acceptors (Lipinski definition) is 3. The van der Waals surface area contributed by atoms with Gasteiger partial charge in [-0.05, 0) is 41.8 Å². The van der Waals surface area contributed by atoms with Crippen LogP contribution in [0.5, 0.6) is 0 Å². The lowest BCUT2D eigenvalue weighted by Gasteiger charge is -2.34. The predicted octanol–water partition coefficient (Wildman–Crippen LogP) is 4.09. The lowest BCUT2D eigenvalue weighted by Crippen LogP contribution is -2.40. The molecule has 0 radical (unpaired) electrons. The molecule has 2 heterocycles. The zero-order valence-electron chi connectivity index (χ0n) is 15.2. The van der Waals surface area contributed by atoms with Gasteiger partial charge in [0.05, 0.1) is 12.3 Å². The molecule has 1 atom stereocenters. The van der Waals surface area contributed by atoms with Crippen molar-refractivity contribution >= 4 is 5.91 Å². The molecule has 0 spiro atoms. The minimum absolute atomic E-state index is 0.183. The zero-order chi connectivity index (χ0) is 19.5. The molecule has 0 aliphatic carbocycles. The van der Waals surface area contributed by atoms with E-state index in [9.17, 15) is 13.6 Å². The van der Waals surface area contributed by atoms with Crippen molar-refractivity contribution in [1.82, 2.24) is 10.2 Å². The van der Waals surface area contributed by atoms with E-state index in [0.29, 0.717) is 12.3 Å². The average Bonchev–Trinajstić information content (AvgIpc) is 3.22. The highest BCUT2D eigenvalue weighted by molar-refractivity contribution is 5.94. The second kappa shape index (κ2) is 7.94. The first-order valence-electron chi connectivity index (χ1n) is 9.20. The lowest BCUT2D eigenvalue weighted by atomic mass is 9.98. The Hall–Kier alpha value is -2.99. The van der Waals surface area contributed by atoms with Crippen LogP contribution in [-0.4, -0.2) is 23.9 Å². The fourth-order valence-corrected chi connectivity index (χ4v) is 3.67. The molecule has 1 amide bonds. The van der Waals surface area contributed by atoms with Gasteiger partial charge in [-0.2, -0.15) is 0 Å². The van der Waals surface area contributed by atoms with E-state index in [0.717, 1.165) is 25.1 Å². The van der Waals surface area contributed by atoms with E-state index in [-0.39, 0.29) is 12.6 Å². The summed E-state index contributed by atoms with van der Waals surface area (Å²) in [6.07, 6.45) is 2.47. The Labute approximate surface area is 161 Å². The summed E-state index contributed by atoms with van der Waals surface area (Å²) in [7, 11) is 0. The van der Waals surface area contributed by atoms with E-state index in [4.69, 9.17) is 4.42 Å². The van der Waals surface area contributed by atoms with Crippen LogP contribution in [0.15, 0.2) is 65.3 Å². The van der Waals surface area contributed by atoms with Crippen LogP contribution >= 0.6 is 0 Å². The first kappa shape index (κ1) is 18.4. The molecule has 0 bridgehead atoms. The number of rotatable bonds is 5. The highest BCUT2D eigenvalue weighted by Crippen LogP contribution is 2.28. The number of furan rings is 1. The Morgan fingerprint density at radius 2 is 1.79 bits per heavy atom. The summed E-state index contributed by atoms with van der Waals surface area (Å²) >= 11 is 0. The third-order valence-electron chi connectivity index (χ3n) is 5.12. The number of benzene rings is 2. The minimum atomic E-state index is -0.876. The third kappa shape index (κ3) is 3.68. The van der Waals surface area contributed by atoms with Crippen molar-refractivity contribution in [2.75, 3.05) is 13.1 Å². The maximum atomic E-state index is 13.9. The Morgan fingerprint density at radius 3 is 2.50 bits per heavy atom. The van der Waals surface area contributed by atoms with Crippen LogP contribution in [0.3, 0.4) is 0 Å². The third-order valence-corrected chi connectivity index (χ3v) is 5.12. The fourth-order valence-electron chi connectivity index (χ4n) is 3.67. The number of amides is 1. The van der Waals surface area contributed by atoms with Crippen molar-refractivity contribution in [2.45, 2.75) is 19.0 Å².